The van der Waals surface area contributed by atoms with Crippen LogP contribution in [0.2, 0.25) is 0 Å². The lowest BCUT2D eigenvalue weighted by atomic mass is 10.2. The molecule has 0 unspecified atom stereocenters. The number of rotatable bonds is 6. The third kappa shape index (κ3) is 5.64. The van der Waals surface area contributed by atoms with Gasteiger partial charge >= 0.3 is 0 Å². The summed E-state index contributed by atoms with van der Waals surface area (Å²) in [6.07, 6.45) is 2.40. The lowest BCUT2D eigenvalue weighted by Crippen LogP contribution is -2.39. The summed E-state index contributed by atoms with van der Waals surface area (Å²) in [7, 11) is -3.72. The maximum Gasteiger partial charge on any atom is 0.260 e. The Morgan fingerprint density at radius 1 is 1.24 bits per heavy atom. The Morgan fingerprint density at radius 3 is 2.48 bits per heavy atom. The number of hydrogen-bond acceptors (Lipinski definition) is 4. The highest BCUT2D eigenvalue weighted by Gasteiger charge is 2.20. The van der Waals surface area contributed by atoms with Crippen LogP contribution in [0.15, 0.2) is 58.1 Å². The monoisotopic (exact) mass is 427 g/mol. The summed E-state index contributed by atoms with van der Waals surface area (Å²) in [5.41, 5.74) is 3.21. The molecule has 0 spiro atoms. The van der Waals surface area contributed by atoms with Crippen molar-refractivity contribution in [2.45, 2.75) is 0 Å². The number of hydrogen-bond donors (Lipinski definition) is 1. The van der Waals surface area contributed by atoms with Crippen LogP contribution in [-0.2, 0) is 14.8 Å². The molecule has 0 radical (unpaired) electrons. The van der Waals surface area contributed by atoms with Crippen molar-refractivity contribution in [3.63, 3.8) is 0 Å². The molecule has 0 aliphatic carbocycles. The van der Waals surface area contributed by atoms with E-state index in [0.717, 1.165) is 32.7 Å². The summed E-state index contributed by atoms with van der Waals surface area (Å²) in [6.45, 7) is -0.474. The van der Waals surface area contributed by atoms with Crippen LogP contribution in [-0.4, -0.2) is 33.3 Å². The Kier molecular flexibility index (Phi) is 6.27. The van der Waals surface area contributed by atoms with E-state index in [9.17, 15) is 17.6 Å². The van der Waals surface area contributed by atoms with Crippen LogP contribution in [0.25, 0.3) is 0 Å². The fourth-order valence-electron chi connectivity index (χ4n) is 1.93. The number of carbonyl (C=O) groups excluding carboxylic acids is 1. The van der Waals surface area contributed by atoms with Crippen molar-refractivity contribution in [1.82, 2.24) is 5.43 Å². The number of anilines is 1. The molecule has 0 aliphatic rings. The predicted octanol–water partition coefficient (Wildman–Crippen LogP) is 2.50. The number of nitrogens with one attached hydrogen (secondary N) is 1. The lowest BCUT2D eigenvalue weighted by Gasteiger charge is -2.21. The van der Waals surface area contributed by atoms with Crippen molar-refractivity contribution in [3.8, 4) is 0 Å². The molecule has 0 heterocycles. The van der Waals surface area contributed by atoms with Crippen molar-refractivity contribution in [2.75, 3.05) is 17.1 Å². The molecule has 132 valence electrons. The zero-order valence-corrected chi connectivity index (χ0v) is 15.6. The third-order valence-corrected chi connectivity index (χ3v) is 4.96. The van der Waals surface area contributed by atoms with Gasteiger partial charge in [-0.15, -0.1) is 0 Å². The molecule has 9 heteroatoms. The smallest absolute Gasteiger partial charge is 0.260 e. The van der Waals surface area contributed by atoms with Crippen molar-refractivity contribution < 1.29 is 17.6 Å². The molecule has 2 aromatic rings. The van der Waals surface area contributed by atoms with Gasteiger partial charge < -0.3 is 0 Å². The standard InChI is InChI=1S/C16H15BrFN3O3S/c1-25(23,24)21(14-8-6-13(18)7-9-14)11-16(22)20-19-10-12-4-2-3-5-15(12)17/h2-10H,11H2,1H3,(H,20,22)/b19-10-. The molecule has 0 saturated heterocycles. The maximum atomic E-state index is 13.0. The molecule has 0 saturated carbocycles. The van der Waals surface area contributed by atoms with E-state index in [0.29, 0.717) is 0 Å². The van der Waals surface area contributed by atoms with Crippen LogP contribution in [0.5, 0.6) is 0 Å². The molecule has 2 aromatic carbocycles. The van der Waals surface area contributed by atoms with Gasteiger partial charge in [0.25, 0.3) is 5.91 Å². The van der Waals surface area contributed by atoms with E-state index >= 15 is 0 Å². The van der Waals surface area contributed by atoms with E-state index in [1.165, 1.54) is 18.3 Å². The highest BCUT2D eigenvalue weighted by Crippen LogP contribution is 2.17. The van der Waals surface area contributed by atoms with Crippen molar-refractivity contribution in [2.24, 2.45) is 5.10 Å². The summed E-state index contributed by atoms with van der Waals surface area (Å²) in [6, 6.07) is 12.1. The number of sulfonamides is 1. The van der Waals surface area contributed by atoms with Gasteiger partial charge in [-0.25, -0.2) is 18.2 Å². The number of halogens is 2. The molecule has 2 rings (SSSR count). The zero-order chi connectivity index (χ0) is 18.4. The quantitative estimate of drug-likeness (QED) is 0.568. The van der Waals surface area contributed by atoms with Crippen molar-refractivity contribution in [3.05, 3.63) is 64.4 Å². The molecule has 0 fully saturated rings. The number of amides is 1. The molecular weight excluding hydrogens is 413 g/mol. The summed E-state index contributed by atoms with van der Waals surface area (Å²) in [5, 5.41) is 3.81. The summed E-state index contributed by atoms with van der Waals surface area (Å²) >= 11 is 3.34. The summed E-state index contributed by atoms with van der Waals surface area (Å²) in [5.74, 6) is -1.13. The van der Waals surface area contributed by atoms with Crippen LogP contribution in [0.4, 0.5) is 10.1 Å². The second-order valence-corrected chi connectivity index (χ2v) is 7.82. The van der Waals surface area contributed by atoms with E-state index in [2.05, 4.69) is 26.5 Å². The summed E-state index contributed by atoms with van der Waals surface area (Å²) < 4.78 is 38.5. The number of hydrazone groups is 1. The maximum absolute atomic E-state index is 13.0. The molecule has 1 amide bonds. The highest BCUT2D eigenvalue weighted by molar-refractivity contribution is 9.10. The van der Waals surface area contributed by atoms with E-state index in [-0.39, 0.29) is 5.69 Å². The van der Waals surface area contributed by atoms with Gasteiger partial charge in [0.05, 0.1) is 18.2 Å². The van der Waals surface area contributed by atoms with E-state index in [1.54, 1.807) is 6.07 Å². The average Bonchev–Trinajstić information content (AvgIpc) is 2.54. The Bertz CT molecular complexity index is 886. The fraction of sp³-hybridized carbons (Fsp3) is 0.125. The number of carbonyl (C=O) groups is 1. The van der Waals surface area contributed by atoms with Crippen LogP contribution in [0.1, 0.15) is 5.56 Å². The van der Waals surface area contributed by atoms with E-state index < -0.39 is 28.3 Å². The summed E-state index contributed by atoms with van der Waals surface area (Å²) in [4.78, 5) is 12.0. The highest BCUT2D eigenvalue weighted by atomic mass is 79.9. The van der Waals surface area contributed by atoms with Crippen molar-refractivity contribution in [1.29, 1.82) is 0 Å². The van der Waals surface area contributed by atoms with Gasteiger partial charge in [-0.05, 0) is 30.3 Å². The zero-order valence-electron chi connectivity index (χ0n) is 13.2. The van der Waals surface area contributed by atoms with Gasteiger partial charge in [0, 0.05) is 10.0 Å². The first-order chi connectivity index (χ1) is 11.8. The van der Waals surface area contributed by atoms with Gasteiger partial charge in [0.15, 0.2) is 0 Å². The molecule has 0 aromatic heterocycles. The first-order valence-corrected chi connectivity index (χ1v) is 9.71. The number of nitrogens with zero attached hydrogens (tertiary/aromatic N) is 2. The van der Waals surface area contributed by atoms with Gasteiger partial charge in [-0.3, -0.25) is 9.10 Å². The predicted molar refractivity (Wildman–Crippen MR) is 98.5 cm³/mol. The van der Waals surface area contributed by atoms with Gasteiger partial charge in [0.2, 0.25) is 10.0 Å². The molecule has 25 heavy (non-hydrogen) atoms. The van der Waals surface area contributed by atoms with E-state index in [4.69, 9.17) is 0 Å². The van der Waals surface area contributed by atoms with Crippen LogP contribution in [0, 0.1) is 5.82 Å². The minimum Gasteiger partial charge on any atom is -0.271 e. The Morgan fingerprint density at radius 2 is 1.88 bits per heavy atom. The van der Waals surface area contributed by atoms with Crippen LogP contribution in [0.3, 0.4) is 0 Å². The lowest BCUT2D eigenvalue weighted by molar-refractivity contribution is -0.119. The Balaban J connectivity index is 2.07. The van der Waals surface area contributed by atoms with Crippen LogP contribution >= 0.6 is 15.9 Å². The first-order valence-electron chi connectivity index (χ1n) is 7.07. The van der Waals surface area contributed by atoms with E-state index in [1.807, 2.05) is 18.2 Å². The SMILES string of the molecule is CS(=O)(=O)N(CC(=O)N/N=C\c1ccccc1Br)c1ccc(F)cc1. The van der Waals surface area contributed by atoms with Gasteiger partial charge in [-0.2, -0.15) is 5.10 Å². The largest absolute Gasteiger partial charge is 0.271 e. The fourth-order valence-corrected chi connectivity index (χ4v) is 3.17. The Labute approximate surface area is 153 Å². The molecule has 0 bridgehead atoms. The second kappa shape index (κ2) is 8.21. The third-order valence-electron chi connectivity index (χ3n) is 3.10. The molecule has 0 atom stereocenters. The Hall–Kier alpha value is -2.26. The molecule has 6 nitrogen and oxygen atoms in total. The normalized spacial score (nSPS) is 11.5. The minimum atomic E-state index is -3.72. The van der Waals surface area contributed by atoms with Gasteiger partial charge in [-0.1, -0.05) is 34.1 Å². The molecule has 1 N–H and O–H groups in total. The first kappa shape index (κ1) is 19.1. The average molecular weight is 428 g/mol. The topological polar surface area (TPSA) is 78.8 Å². The van der Waals surface area contributed by atoms with Gasteiger partial charge in [0.1, 0.15) is 12.4 Å². The van der Waals surface area contributed by atoms with Crippen molar-refractivity contribution >= 4 is 43.8 Å². The minimum absolute atomic E-state index is 0.189. The second-order valence-electron chi connectivity index (χ2n) is 5.06. The number of benzene rings is 2. The molecular formula is C16H15BrFN3O3S. The molecule has 0 aliphatic heterocycles. The van der Waals surface area contributed by atoms with Crippen LogP contribution < -0.4 is 9.73 Å².